The molecule has 0 saturated carbocycles. The van der Waals surface area contributed by atoms with Crippen LogP contribution in [0.5, 0.6) is 5.75 Å². The minimum atomic E-state index is 0.567. The number of benzene rings is 2. The topological polar surface area (TPSA) is 53.1 Å². The lowest BCUT2D eigenvalue weighted by molar-refractivity contribution is 0.412. The highest BCUT2D eigenvalue weighted by molar-refractivity contribution is 9.10. The van der Waals surface area contributed by atoms with E-state index in [4.69, 9.17) is 10.5 Å². The Morgan fingerprint density at radius 2 is 1.81 bits per heavy atom. The van der Waals surface area contributed by atoms with Gasteiger partial charge in [-0.25, -0.2) is 4.68 Å². The SMILES string of the molecule is COc1ccccc1-n1nc(-c2ccc(Br)cc2)cc1N. The molecule has 0 amide bonds. The van der Waals surface area contributed by atoms with Crippen molar-refractivity contribution < 1.29 is 4.74 Å². The highest BCUT2D eigenvalue weighted by Gasteiger charge is 2.12. The zero-order valence-corrected chi connectivity index (χ0v) is 13.0. The van der Waals surface area contributed by atoms with Crippen LogP contribution in [0.25, 0.3) is 16.9 Å². The second-order valence-electron chi connectivity index (χ2n) is 4.54. The highest BCUT2D eigenvalue weighted by Crippen LogP contribution is 2.28. The van der Waals surface area contributed by atoms with Crippen LogP contribution in [0.1, 0.15) is 0 Å². The number of para-hydroxylation sites is 2. The van der Waals surface area contributed by atoms with Crippen molar-refractivity contribution >= 4 is 21.7 Å². The minimum absolute atomic E-state index is 0.567. The van der Waals surface area contributed by atoms with Crippen LogP contribution in [0.4, 0.5) is 5.82 Å². The molecule has 0 unspecified atom stereocenters. The molecule has 0 aliphatic heterocycles. The van der Waals surface area contributed by atoms with Crippen LogP contribution in [0.2, 0.25) is 0 Å². The van der Waals surface area contributed by atoms with Crippen molar-refractivity contribution in [1.29, 1.82) is 0 Å². The van der Waals surface area contributed by atoms with Crippen LogP contribution in [0.15, 0.2) is 59.1 Å². The maximum absolute atomic E-state index is 6.10. The van der Waals surface area contributed by atoms with E-state index in [0.717, 1.165) is 27.2 Å². The van der Waals surface area contributed by atoms with Crippen LogP contribution in [-0.4, -0.2) is 16.9 Å². The molecule has 0 aliphatic carbocycles. The third kappa shape index (κ3) is 2.64. The molecule has 1 heterocycles. The number of aromatic nitrogens is 2. The molecule has 21 heavy (non-hydrogen) atoms. The van der Waals surface area contributed by atoms with Crippen molar-refractivity contribution in [2.24, 2.45) is 0 Å². The zero-order chi connectivity index (χ0) is 14.8. The second-order valence-corrected chi connectivity index (χ2v) is 5.46. The molecule has 0 aliphatic rings. The predicted molar refractivity (Wildman–Crippen MR) is 87.7 cm³/mol. The average molecular weight is 344 g/mol. The quantitative estimate of drug-likeness (QED) is 0.784. The molecule has 0 fully saturated rings. The Morgan fingerprint density at radius 3 is 2.52 bits per heavy atom. The fourth-order valence-electron chi connectivity index (χ4n) is 2.15. The summed E-state index contributed by atoms with van der Waals surface area (Å²) in [7, 11) is 1.63. The largest absolute Gasteiger partial charge is 0.494 e. The second kappa shape index (κ2) is 5.61. The van der Waals surface area contributed by atoms with Gasteiger partial charge in [0.2, 0.25) is 0 Å². The van der Waals surface area contributed by atoms with Crippen LogP contribution in [0, 0.1) is 0 Å². The molecule has 4 nitrogen and oxygen atoms in total. The van der Waals surface area contributed by atoms with Gasteiger partial charge in [-0.2, -0.15) is 5.10 Å². The summed E-state index contributed by atoms with van der Waals surface area (Å²) in [5, 5.41) is 4.58. The van der Waals surface area contributed by atoms with Crippen LogP contribution in [-0.2, 0) is 0 Å². The monoisotopic (exact) mass is 343 g/mol. The van der Waals surface area contributed by atoms with Gasteiger partial charge >= 0.3 is 0 Å². The van der Waals surface area contributed by atoms with E-state index in [9.17, 15) is 0 Å². The number of nitrogens with two attached hydrogens (primary N) is 1. The molecule has 0 spiro atoms. The number of methoxy groups -OCH3 is 1. The molecular weight excluding hydrogens is 330 g/mol. The summed E-state index contributed by atoms with van der Waals surface area (Å²) in [5.41, 5.74) is 8.76. The number of nitrogens with zero attached hydrogens (tertiary/aromatic N) is 2. The summed E-state index contributed by atoms with van der Waals surface area (Å²) in [6, 6.07) is 17.5. The summed E-state index contributed by atoms with van der Waals surface area (Å²) < 4.78 is 8.08. The Balaban J connectivity index is 2.07. The van der Waals surface area contributed by atoms with Gasteiger partial charge in [-0.05, 0) is 24.3 Å². The molecule has 1 aromatic heterocycles. The summed E-state index contributed by atoms with van der Waals surface area (Å²) >= 11 is 3.43. The van der Waals surface area contributed by atoms with Gasteiger partial charge < -0.3 is 10.5 Å². The lowest BCUT2D eigenvalue weighted by Gasteiger charge is -2.09. The fourth-order valence-corrected chi connectivity index (χ4v) is 2.42. The van der Waals surface area contributed by atoms with E-state index in [1.807, 2.05) is 54.6 Å². The molecule has 0 saturated heterocycles. The van der Waals surface area contributed by atoms with E-state index >= 15 is 0 Å². The molecule has 3 rings (SSSR count). The number of rotatable bonds is 3. The van der Waals surface area contributed by atoms with Crippen molar-refractivity contribution in [2.75, 3.05) is 12.8 Å². The molecule has 106 valence electrons. The van der Waals surface area contributed by atoms with E-state index in [0.29, 0.717) is 5.82 Å². The van der Waals surface area contributed by atoms with Gasteiger partial charge in [0.1, 0.15) is 17.3 Å². The maximum Gasteiger partial charge on any atom is 0.144 e. The van der Waals surface area contributed by atoms with Crippen molar-refractivity contribution in [3.63, 3.8) is 0 Å². The van der Waals surface area contributed by atoms with Gasteiger partial charge in [0.05, 0.1) is 12.8 Å². The van der Waals surface area contributed by atoms with E-state index in [1.165, 1.54) is 0 Å². The first-order chi connectivity index (χ1) is 10.2. The minimum Gasteiger partial charge on any atom is -0.494 e. The van der Waals surface area contributed by atoms with Gasteiger partial charge in [-0.15, -0.1) is 0 Å². The van der Waals surface area contributed by atoms with Crippen molar-refractivity contribution in [1.82, 2.24) is 9.78 Å². The molecule has 2 aromatic carbocycles. The van der Waals surface area contributed by atoms with Crippen LogP contribution >= 0.6 is 15.9 Å². The van der Waals surface area contributed by atoms with Gasteiger partial charge in [-0.3, -0.25) is 0 Å². The van der Waals surface area contributed by atoms with Gasteiger partial charge in [0.25, 0.3) is 0 Å². The molecule has 2 N–H and O–H groups in total. The van der Waals surface area contributed by atoms with Crippen molar-refractivity contribution in [3.05, 3.63) is 59.1 Å². The first-order valence-electron chi connectivity index (χ1n) is 6.44. The number of hydrogen-bond acceptors (Lipinski definition) is 3. The summed E-state index contributed by atoms with van der Waals surface area (Å²) in [4.78, 5) is 0. The van der Waals surface area contributed by atoms with Gasteiger partial charge in [0.15, 0.2) is 0 Å². The Hall–Kier alpha value is -2.27. The fraction of sp³-hybridized carbons (Fsp3) is 0.0625. The van der Waals surface area contributed by atoms with Crippen molar-refractivity contribution in [2.45, 2.75) is 0 Å². The average Bonchev–Trinajstić information content (AvgIpc) is 2.89. The highest BCUT2D eigenvalue weighted by atomic mass is 79.9. The predicted octanol–water partition coefficient (Wildman–Crippen LogP) is 3.89. The summed E-state index contributed by atoms with van der Waals surface area (Å²) in [6.45, 7) is 0. The summed E-state index contributed by atoms with van der Waals surface area (Å²) in [5.74, 6) is 1.30. The lowest BCUT2D eigenvalue weighted by Crippen LogP contribution is -2.03. The number of nitrogen functional groups attached to an aromatic ring is 1. The van der Waals surface area contributed by atoms with E-state index in [2.05, 4.69) is 21.0 Å². The summed E-state index contributed by atoms with van der Waals surface area (Å²) in [6.07, 6.45) is 0. The smallest absolute Gasteiger partial charge is 0.144 e. The van der Waals surface area contributed by atoms with E-state index in [-0.39, 0.29) is 0 Å². The van der Waals surface area contributed by atoms with Gasteiger partial charge in [0, 0.05) is 16.1 Å². The van der Waals surface area contributed by atoms with Crippen LogP contribution in [0.3, 0.4) is 0 Å². The van der Waals surface area contributed by atoms with Crippen LogP contribution < -0.4 is 10.5 Å². The molecular formula is C16H14BrN3O. The van der Waals surface area contributed by atoms with Gasteiger partial charge in [-0.1, -0.05) is 40.2 Å². The molecule has 5 heteroatoms. The molecule has 0 radical (unpaired) electrons. The normalized spacial score (nSPS) is 10.6. The third-order valence-corrected chi connectivity index (χ3v) is 3.72. The molecule has 0 bridgehead atoms. The van der Waals surface area contributed by atoms with E-state index < -0.39 is 0 Å². The number of halogens is 1. The van der Waals surface area contributed by atoms with E-state index in [1.54, 1.807) is 11.8 Å². The van der Waals surface area contributed by atoms with Crippen molar-refractivity contribution in [3.8, 4) is 22.7 Å². The Labute approximate surface area is 131 Å². The Morgan fingerprint density at radius 1 is 1.10 bits per heavy atom. The first-order valence-corrected chi connectivity index (χ1v) is 7.23. The number of ether oxygens (including phenoxy) is 1. The maximum atomic E-state index is 6.10. The third-order valence-electron chi connectivity index (χ3n) is 3.19. The Kier molecular flexibility index (Phi) is 3.66. The molecule has 3 aromatic rings. The lowest BCUT2D eigenvalue weighted by atomic mass is 10.2. The number of anilines is 1. The zero-order valence-electron chi connectivity index (χ0n) is 11.5. The standard InChI is InChI=1S/C16H14BrN3O/c1-21-15-5-3-2-4-14(15)20-16(18)10-13(19-20)11-6-8-12(17)9-7-11/h2-10H,18H2,1H3. The first kappa shape index (κ1) is 13.7. The Bertz CT molecular complexity index is 765. The molecule has 0 atom stereocenters. The number of hydrogen-bond donors (Lipinski definition) is 1.